The van der Waals surface area contributed by atoms with Crippen LogP contribution in [0.4, 0.5) is 0 Å². The molecule has 2 amide bonds. The molecule has 5 nitrogen and oxygen atoms in total. The van der Waals surface area contributed by atoms with E-state index in [0.29, 0.717) is 31.6 Å². The molecule has 1 aromatic rings. The number of nitrogens with zero attached hydrogens (tertiary/aromatic N) is 3. The first kappa shape index (κ1) is 15.5. The smallest absolute Gasteiger partial charge is 0.254 e. The summed E-state index contributed by atoms with van der Waals surface area (Å²) < 4.78 is 0. The molecular formula is C16H23N3O2. The zero-order valence-electron chi connectivity index (χ0n) is 12.6. The van der Waals surface area contributed by atoms with Crippen LogP contribution in [0.2, 0.25) is 0 Å². The second-order valence-corrected chi connectivity index (χ2v) is 5.37. The first-order valence-electron chi connectivity index (χ1n) is 7.69. The molecular weight excluding hydrogens is 266 g/mol. The molecule has 0 spiro atoms. The standard InChI is InChI=1S/C16H23N3O2/c1-2-3-5-15(20)18-10-4-11-19(13-12-18)16(21)14-6-8-17-9-7-14/h6-9H,2-5,10-13H2,1H3. The molecule has 1 fully saturated rings. The van der Waals surface area contributed by atoms with Crippen molar-refractivity contribution in [1.82, 2.24) is 14.8 Å². The fraction of sp³-hybridized carbons (Fsp3) is 0.562. The van der Waals surface area contributed by atoms with Gasteiger partial charge in [-0.3, -0.25) is 14.6 Å². The lowest BCUT2D eigenvalue weighted by molar-refractivity contribution is -0.131. The van der Waals surface area contributed by atoms with Gasteiger partial charge < -0.3 is 9.80 Å². The minimum absolute atomic E-state index is 0.0280. The van der Waals surface area contributed by atoms with E-state index in [1.54, 1.807) is 24.5 Å². The van der Waals surface area contributed by atoms with Crippen LogP contribution in [0.15, 0.2) is 24.5 Å². The summed E-state index contributed by atoms with van der Waals surface area (Å²) in [6.07, 6.45) is 6.70. The van der Waals surface area contributed by atoms with Gasteiger partial charge in [0.25, 0.3) is 5.91 Å². The summed E-state index contributed by atoms with van der Waals surface area (Å²) in [7, 11) is 0. The number of carbonyl (C=O) groups excluding carboxylic acids is 2. The van der Waals surface area contributed by atoms with Crippen LogP contribution in [0.3, 0.4) is 0 Å². The molecule has 2 heterocycles. The summed E-state index contributed by atoms with van der Waals surface area (Å²) in [5, 5.41) is 0. The summed E-state index contributed by atoms with van der Waals surface area (Å²) in [6.45, 7) is 4.80. The molecule has 0 atom stereocenters. The topological polar surface area (TPSA) is 53.5 Å². The van der Waals surface area contributed by atoms with E-state index in [4.69, 9.17) is 0 Å². The van der Waals surface area contributed by atoms with Crippen LogP contribution in [-0.2, 0) is 4.79 Å². The Bertz CT molecular complexity index is 476. The van der Waals surface area contributed by atoms with E-state index in [9.17, 15) is 9.59 Å². The molecule has 0 saturated carbocycles. The Morgan fingerprint density at radius 3 is 2.48 bits per heavy atom. The minimum atomic E-state index is 0.0280. The Morgan fingerprint density at radius 1 is 1.10 bits per heavy atom. The Morgan fingerprint density at radius 2 is 1.76 bits per heavy atom. The lowest BCUT2D eigenvalue weighted by Crippen LogP contribution is -2.37. The van der Waals surface area contributed by atoms with E-state index in [0.717, 1.165) is 25.8 Å². The van der Waals surface area contributed by atoms with E-state index >= 15 is 0 Å². The van der Waals surface area contributed by atoms with Gasteiger partial charge in [0.2, 0.25) is 5.91 Å². The number of amides is 2. The van der Waals surface area contributed by atoms with E-state index < -0.39 is 0 Å². The van der Waals surface area contributed by atoms with Gasteiger partial charge in [0.05, 0.1) is 0 Å². The zero-order chi connectivity index (χ0) is 15.1. The van der Waals surface area contributed by atoms with Crippen LogP contribution in [0, 0.1) is 0 Å². The molecule has 114 valence electrons. The van der Waals surface area contributed by atoms with E-state index in [-0.39, 0.29) is 11.8 Å². The van der Waals surface area contributed by atoms with Gasteiger partial charge in [0, 0.05) is 50.6 Å². The molecule has 5 heteroatoms. The molecule has 0 aromatic carbocycles. The third kappa shape index (κ3) is 4.28. The second-order valence-electron chi connectivity index (χ2n) is 5.37. The summed E-state index contributed by atoms with van der Waals surface area (Å²) in [4.78, 5) is 32.1. The molecule has 0 radical (unpaired) electrons. The van der Waals surface area contributed by atoms with Gasteiger partial charge in [-0.1, -0.05) is 13.3 Å². The Kier molecular flexibility index (Phi) is 5.72. The maximum absolute atomic E-state index is 12.4. The monoisotopic (exact) mass is 289 g/mol. The number of carbonyl (C=O) groups is 2. The van der Waals surface area contributed by atoms with Gasteiger partial charge >= 0.3 is 0 Å². The number of hydrogen-bond donors (Lipinski definition) is 0. The average Bonchev–Trinajstić information content (AvgIpc) is 2.79. The van der Waals surface area contributed by atoms with Crippen molar-refractivity contribution >= 4 is 11.8 Å². The van der Waals surface area contributed by atoms with Crippen LogP contribution >= 0.6 is 0 Å². The maximum Gasteiger partial charge on any atom is 0.254 e. The highest BCUT2D eigenvalue weighted by Crippen LogP contribution is 2.10. The van der Waals surface area contributed by atoms with Crippen LogP contribution in [-0.4, -0.2) is 52.8 Å². The van der Waals surface area contributed by atoms with Gasteiger partial charge in [0.15, 0.2) is 0 Å². The molecule has 1 aliphatic heterocycles. The predicted octanol–water partition coefficient (Wildman–Crippen LogP) is 1.95. The van der Waals surface area contributed by atoms with Crippen LogP contribution < -0.4 is 0 Å². The number of aromatic nitrogens is 1. The highest BCUT2D eigenvalue weighted by Gasteiger charge is 2.22. The van der Waals surface area contributed by atoms with E-state index in [2.05, 4.69) is 11.9 Å². The highest BCUT2D eigenvalue weighted by molar-refractivity contribution is 5.94. The third-order valence-corrected chi connectivity index (χ3v) is 3.81. The van der Waals surface area contributed by atoms with E-state index in [1.807, 2.05) is 9.80 Å². The van der Waals surface area contributed by atoms with Crippen molar-refractivity contribution in [3.63, 3.8) is 0 Å². The fourth-order valence-electron chi connectivity index (χ4n) is 2.53. The molecule has 21 heavy (non-hydrogen) atoms. The van der Waals surface area contributed by atoms with Crippen molar-refractivity contribution < 1.29 is 9.59 Å². The van der Waals surface area contributed by atoms with Gasteiger partial charge in [-0.25, -0.2) is 0 Å². The third-order valence-electron chi connectivity index (χ3n) is 3.81. The van der Waals surface area contributed by atoms with E-state index in [1.165, 1.54) is 0 Å². The van der Waals surface area contributed by atoms with Gasteiger partial charge in [0.1, 0.15) is 0 Å². The number of rotatable bonds is 4. The molecule has 1 saturated heterocycles. The Balaban J connectivity index is 1.91. The zero-order valence-corrected chi connectivity index (χ0v) is 12.6. The van der Waals surface area contributed by atoms with Crippen molar-refractivity contribution in [1.29, 1.82) is 0 Å². The predicted molar refractivity (Wildman–Crippen MR) is 80.9 cm³/mol. The maximum atomic E-state index is 12.4. The quantitative estimate of drug-likeness (QED) is 0.851. The largest absolute Gasteiger partial charge is 0.341 e. The normalized spacial score (nSPS) is 15.7. The second kappa shape index (κ2) is 7.76. The van der Waals surface area contributed by atoms with Crippen molar-refractivity contribution in [2.45, 2.75) is 32.6 Å². The van der Waals surface area contributed by atoms with Crippen molar-refractivity contribution in [3.8, 4) is 0 Å². The fourth-order valence-corrected chi connectivity index (χ4v) is 2.53. The van der Waals surface area contributed by atoms with Gasteiger partial charge in [-0.05, 0) is 25.0 Å². The summed E-state index contributed by atoms with van der Waals surface area (Å²) in [5.74, 6) is 0.246. The van der Waals surface area contributed by atoms with Crippen LogP contribution in [0.5, 0.6) is 0 Å². The SMILES string of the molecule is CCCCC(=O)N1CCCN(C(=O)c2ccncc2)CC1. The summed E-state index contributed by atoms with van der Waals surface area (Å²) >= 11 is 0. The Hall–Kier alpha value is -1.91. The number of unbranched alkanes of at least 4 members (excludes halogenated alkanes) is 1. The first-order chi connectivity index (χ1) is 10.2. The minimum Gasteiger partial charge on any atom is -0.341 e. The molecule has 0 bridgehead atoms. The summed E-state index contributed by atoms with van der Waals surface area (Å²) in [6, 6.07) is 3.47. The first-order valence-corrected chi connectivity index (χ1v) is 7.69. The molecule has 0 unspecified atom stereocenters. The van der Waals surface area contributed by atoms with Crippen molar-refractivity contribution in [3.05, 3.63) is 30.1 Å². The van der Waals surface area contributed by atoms with Crippen molar-refractivity contribution in [2.24, 2.45) is 0 Å². The summed E-state index contributed by atoms with van der Waals surface area (Å²) in [5.41, 5.74) is 0.663. The van der Waals surface area contributed by atoms with Crippen molar-refractivity contribution in [2.75, 3.05) is 26.2 Å². The van der Waals surface area contributed by atoms with Gasteiger partial charge in [-0.2, -0.15) is 0 Å². The average molecular weight is 289 g/mol. The molecule has 1 aliphatic rings. The number of pyridine rings is 1. The lowest BCUT2D eigenvalue weighted by Gasteiger charge is -2.22. The van der Waals surface area contributed by atoms with Crippen LogP contribution in [0.1, 0.15) is 43.0 Å². The molecule has 0 aliphatic carbocycles. The lowest BCUT2D eigenvalue weighted by atomic mass is 10.2. The molecule has 0 N–H and O–H groups in total. The molecule has 2 rings (SSSR count). The van der Waals surface area contributed by atoms with Crippen LogP contribution in [0.25, 0.3) is 0 Å². The Labute approximate surface area is 126 Å². The van der Waals surface area contributed by atoms with Gasteiger partial charge in [-0.15, -0.1) is 0 Å². The highest BCUT2D eigenvalue weighted by atomic mass is 16.2. The molecule has 1 aromatic heterocycles. The number of hydrogen-bond acceptors (Lipinski definition) is 3.